The summed E-state index contributed by atoms with van der Waals surface area (Å²) in [6, 6.07) is 2.64. The molecule has 2 aliphatic rings. The normalized spacial score (nSPS) is 17.2. The molecule has 1 aliphatic heterocycles. The number of hydrogen-bond acceptors (Lipinski definition) is 6. The van der Waals surface area contributed by atoms with Crippen molar-refractivity contribution in [3.05, 3.63) is 35.4 Å². The predicted octanol–water partition coefficient (Wildman–Crippen LogP) is 2.83. The second kappa shape index (κ2) is 8.77. The van der Waals surface area contributed by atoms with Gasteiger partial charge in [-0.3, -0.25) is 19.3 Å². The molecular weight excluding hydrogens is 431 g/mol. The zero-order chi connectivity index (χ0) is 22.9. The molecule has 3 N–H and O–H groups in total. The highest BCUT2D eigenvalue weighted by Crippen LogP contribution is 2.46. The summed E-state index contributed by atoms with van der Waals surface area (Å²) in [7, 11) is 0. The molecule has 0 atom stereocenters. The van der Waals surface area contributed by atoms with Crippen molar-refractivity contribution >= 4 is 17.5 Å². The van der Waals surface area contributed by atoms with Gasteiger partial charge < -0.3 is 20.5 Å². The zero-order valence-corrected chi connectivity index (χ0v) is 17.0. The predicted molar refractivity (Wildman–Crippen MR) is 105 cm³/mol. The van der Waals surface area contributed by atoms with Gasteiger partial charge in [0.2, 0.25) is 0 Å². The summed E-state index contributed by atoms with van der Waals surface area (Å²) >= 11 is 0. The Balaban J connectivity index is 1.70. The molecule has 0 radical (unpaired) electrons. The minimum absolute atomic E-state index is 0.0936. The van der Waals surface area contributed by atoms with Crippen LogP contribution in [-0.4, -0.2) is 46.2 Å². The molecule has 2 aromatic rings. The van der Waals surface area contributed by atoms with Crippen LogP contribution >= 0.6 is 0 Å². The topological polar surface area (TPSA) is 121 Å². The van der Waals surface area contributed by atoms with E-state index >= 15 is 0 Å². The fourth-order valence-electron chi connectivity index (χ4n) is 3.66. The number of rotatable bonds is 7. The van der Waals surface area contributed by atoms with Crippen LogP contribution in [0.3, 0.4) is 0 Å². The Morgan fingerprint density at radius 3 is 2.59 bits per heavy atom. The summed E-state index contributed by atoms with van der Waals surface area (Å²) < 4.78 is 50.6. The third-order valence-corrected chi connectivity index (χ3v) is 5.37. The van der Waals surface area contributed by atoms with E-state index in [1.54, 1.807) is 0 Å². The van der Waals surface area contributed by atoms with Crippen LogP contribution in [0.15, 0.2) is 18.3 Å². The number of nitrogens with two attached hydrogens (primary N) is 1. The number of anilines is 1. The van der Waals surface area contributed by atoms with Gasteiger partial charge in [0.05, 0.1) is 0 Å². The van der Waals surface area contributed by atoms with Gasteiger partial charge in [-0.2, -0.15) is 5.10 Å². The summed E-state index contributed by atoms with van der Waals surface area (Å²) in [6.07, 6.45) is -0.951. The van der Waals surface area contributed by atoms with Crippen molar-refractivity contribution in [3.63, 3.8) is 0 Å². The third-order valence-electron chi connectivity index (χ3n) is 5.37. The molecule has 1 aliphatic carbocycles. The molecule has 4 rings (SSSR count). The number of carbonyl (C=O) groups excluding carboxylic acids is 2. The largest absolute Gasteiger partial charge is 0.573 e. The molecule has 0 aromatic carbocycles. The number of carbonyl (C=O) groups is 2. The Morgan fingerprint density at radius 1 is 1.25 bits per heavy atom. The fraction of sp³-hybridized carbons (Fsp3) is 0.500. The Morgan fingerprint density at radius 2 is 1.97 bits per heavy atom. The second-order valence-electron chi connectivity index (χ2n) is 7.87. The highest BCUT2D eigenvalue weighted by atomic mass is 19.4. The van der Waals surface area contributed by atoms with Crippen molar-refractivity contribution in [2.24, 2.45) is 11.7 Å². The van der Waals surface area contributed by atoms with Crippen molar-refractivity contribution in [2.75, 3.05) is 18.5 Å². The molecule has 0 unspecified atom stereocenters. The Kier molecular flexibility index (Phi) is 6.04. The molecule has 3 heterocycles. The van der Waals surface area contributed by atoms with E-state index in [2.05, 4.69) is 20.1 Å². The molecule has 2 amide bonds. The number of aromatic nitrogens is 3. The number of amides is 2. The van der Waals surface area contributed by atoms with Crippen LogP contribution in [0.25, 0.3) is 0 Å². The van der Waals surface area contributed by atoms with E-state index in [0.717, 1.165) is 0 Å². The van der Waals surface area contributed by atoms with Gasteiger partial charge in [0, 0.05) is 37.6 Å². The number of hydrogen-bond donors (Lipinski definition) is 2. The average molecular weight is 453 g/mol. The first kappa shape index (κ1) is 22.1. The number of ether oxygens (including phenoxy) is 2. The first-order chi connectivity index (χ1) is 15.2. The SMILES string of the molecule is NC(=O)c1cc(NC(=O)c2c(OC(F)(F)F)c(C3CC3)nn2CC2CCOCC2)ccn1. The summed E-state index contributed by atoms with van der Waals surface area (Å²) in [5, 5.41) is 6.87. The maximum absolute atomic E-state index is 13.2. The van der Waals surface area contributed by atoms with Gasteiger partial charge in [-0.25, -0.2) is 0 Å². The van der Waals surface area contributed by atoms with Crippen LogP contribution in [0.4, 0.5) is 18.9 Å². The molecule has 172 valence electrons. The van der Waals surface area contributed by atoms with Gasteiger partial charge in [0.15, 0.2) is 11.4 Å². The molecule has 9 nitrogen and oxygen atoms in total. The van der Waals surface area contributed by atoms with Crippen molar-refractivity contribution in [3.8, 4) is 5.75 Å². The molecular formula is C20H22F3N5O4. The molecule has 12 heteroatoms. The summed E-state index contributed by atoms with van der Waals surface area (Å²) in [5.41, 5.74) is 5.09. The maximum Gasteiger partial charge on any atom is 0.573 e. The quantitative estimate of drug-likeness (QED) is 0.665. The van der Waals surface area contributed by atoms with Crippen LogP contribution in [0, 0.1) is 5.92 Å². The summed E-state index contributed by atoms with van der Waals surface area (Å²) in [6.45, 7) is 1.35. The lowest BCUT2D eigenvalue weighted by molar-refractivity contribution is -0.275. The summed E-state index contributed by atoms with van der Waals surface area (Å²) in [5.74, 6) is -2.30. The third kappa shape index (κ3) is 5.18. The standard InChI is InChI=1S/C20H22F3N5O4/c21-20(22,23)32-17-15(12-1-2-12)27-28(10-11-4-7-31-8-5-11)16(17)19(30)26-13-3-6-25-14(9-13)18(24)29/h3,6,9,11-12H,1-2,4-5,7-8,10H2,(H2,24,29)(H,25,26,30). The first-order valence-electron chi connectivity index (χ1n) is 10.2. The van der Waals surface area contributed by atoms with Crippen LogP contribution < -0.4 is 15.8 Å². The number of nitrogens with zero attached hydrogens (tertiary/aromatic N) is 3. The molecule has 1 saturated heterocycles. The summed E-state index contributed by atoms with van der Waals surface area (Å²) in [4.78, 5) is 28.3. The van der Waals surface area contributed by atoms with Crippen LogP contribution in [0.5, 0.6) is 5.75 Å². The molecule has 32 heavy (non-hydrogen) atoms. The minimum atomic E-state index is -4.99. The van der Waals surface area contributed by atoms with Gasteiger partial charge in [-0.15, -0.1) is 13.2 Å². The van der Waals surface area contributed by atoms with Gasteiger partial charge in [0.1, 0.15) is 11.4 Å². The van der Waals surface area contributed by atoms with Gasteiger partial charge >= 0.3 is 6.36 Å². The number of pyridine rings is 1. The number of alkyl halides is 3. The number of halogens is 3. The average Bonchev–Trinajstić information content (AvgIpc) is 3.51. The van der Waals surface area contributed by atoms with E-state index < -0.39 is 23.9 Å². The van der Waals surface area contributed by atoms with Gasteiger partial charge in [0.25, 0.3) is 11.8 Å². The highest BCUT2D eigenvalue weighted by molar-refractivity contribution is 6.05. The zero-order valence-electron chi connectivity index (χ0n) is 17.0. The fourth-order valence-corrected chi connectivity index (χ4v) is 3.66. The first-order valence-corrected chi connectivity index (χ1v) is 10.2. The molecule has 1 saturated carbocycles. The van der Waals surface area contributed by atoms with Crippen molar-refractivity contribution in [1.82, 2.24) is 14.8 Å². The van der Waals surface area contributed by atoms with Crippen molar-refractivity contribution < 1.29 is 32.2 Å². The van der Waals surface area contributed by atoms with Crippen molar-refractivity contribution in [1.29, 1.82) is 0 Å². The lowest BCUT2D eigenvalue weighted by Gasteiger charge is -2.22. The molecule has 2 aromatic heterocycles. The van der Waals surface area contributed by atoms with Gasteiger partial charge in [-0.1, -0.05) is 0 Å². The Bertz CT molecular complexity index is 1010. The highest BCUT2D eigenvalue weighted by Gasteiger charge is 2.41. The lowest BCUT2D eigenvalue weighted by atomic mass is 10.0. The Hall–Kier alpha value is -3.15. The maximum atomic E-state index is 13.2. The molecule has 0 bridgehead atoms. The smallest absolute Gasteiger partial charge is 0.401 e. The minimum Gasteiger partial charge on any atom is -0.401 e. The van der Waals surface area contributed by atoms with E-state index in [1.807, 2.05) is 0 Å². The number of nitrogens with one attached hydrogen (secondary N) is 1. The molecule has 2 fully saturated rings. The van der Waals surface area contributed by atoms with E-state index in [4.69, 9.17) is 10.5 Å². The van der Waals surface area contributed by atoms with E-state index in [9.17, 15) is 22.8 Å². The van der Waals surface area contributed by atoms with Crippen molar-refractivity contribution in [2.45, 2.75) is 44.5 Å². The van der Waals surface area contributed by atoms with Crippen LogP contribution in [0.2, 0.25) is 0 Å². The monoisotopic (exact) mass is 453 g/mol. The van der Waals surface area contributed by atoms with E-state index in [1.165, 1.54) is 23.0 Å². The van der Waals surface area contributed by atoms with E-state index in [-0.39, 0.29) is 41.1 Å². The molecule has 0 spiro atoms. The van der Waals surface area contributed by atoms with Crippen LogP contribution in [-0.2, 0) is 11.3 Å². The van der Waals surface area contributed by atoms with Gasteiger partial charge in [-0.05, 0) is 43.7 Å². The Labute approximate surface area is 181 Å². The van der Waals surface area contributed by atoms with Crippen LogP contribution in [0.1, 0.15) is 58.3 Å². The van der Waals surface area contributed by atoms with E-state index in [0.29, 0.717) is 38.9 Å². The lowest BCUT2D eigenvalue weighted by Crippen LogP contribution is -2.26. The second-order valence-corrected chi connectivity index (χ2v) is 7.87. The number of primary amides is 1.